The molecule has 0 fully saturated rings. The number of hydrogen-bond donors (Lipinski definition) is 2. The number of anilines is 1. The fourth-order valence-electron chi connectivity index (χ4n) is 4.05. The third-order valence-corrected chi connectivity index (χ3v) is 5.68. The molecule has 2 aromatic carbocycles. The predicted octanol–water partition coefficient (Wildman–Crippen LogP) is 3.00. The number of carbonyl (C=O) groups is 1. The number of imidazole rings is 1. The Labute approximate surface area is 190 Å². The number of nitrogens with zero attached hydrogens (tertiary/aromatic N) is 4. The molecule has 1 unspecified atom stereocenters. The van der Waals surface area contributed by atoms with Gasteiger partial charge in [0.25, 0.3) is 5.91 Å². The molecule has 1 aliphatic rings. The van der Waals surface area contributed by atoms with Crippen LogP contribution in [0.4, 0.5) is 5.82 Å². The lowest BCUT2D eigenvalue weighted by atomic mass is 10.0. The summed E-state index contributed by atoms with van der Waals surface area (Å²) in [7, 11) is 1.51. The number of methoxy groups -OCH3 is 1. The largest absolute Gasteiger partial charge is 0.468 e. The van der Waals surface area contributed by atoms with E-state index in [-0.39, 0.29) is 12.1 Å². The van der Waals surface area contributed by atoms with Crippen molar-refractivity contribution >= 4 is 22.8 Å². The smallest absolute Gasteiger partial charge is 0.304 e. The Hall–Kier alpha value is -3.98. The molecule has 0 spiro atoms. The van der Waals surface area contributed by atoms with E-state index in [9.17, 15) is 4.79 Å². The maximum absolute atomic E-state index is 11.9. The first-order chi connectivity index (χ1) is 16.0. The zero-order valence-corrected chi connectivity index (χ0v) is 18.4. The van der Waals surface area contributed by atoms with Crippen LogP contribution in [-0.2, 0) is 24.3 Å². The minimum Gasteiger partial charge on any atom is -0.468 e. The van der Waals surface area contributed by atoms with Gasteiger partial charge in [0, 0.05) is 18.5 Å². The second-order valence-electron chi connectivity index (χ2n) is 7.93. The Bertz CT molecular complexity index is 1340. The summed E-state index contributed by atoms with van der Waals surface area (Å²) in [6, 6.07) is 15.6. The van der Waals surface area contributed by atoms with E-state index < -0.39 is 5.91 Å². The van der Waals surface area contributed by atoms with Gasteiger partial charge in [-0.25, -0.2) is 9.55 Å². The number of fused-ring (bicyclic) bond motifs is 2. The Morgan fingerprint density at radius 1 is 1.18 bits per heavy atom. The monoisotopic (exact) mass is 444 g/mol. The van der Waals surface area contributed by atoms with Gasteiger partial charge in [-0.1, -0.05) is 36.4 Å². The summed E-state index contributed by atoms with van der Waals surface area (Å²) in [5, 5.41) is 3.47. The van der Waals surface area contributed by atoms with Crippen LogP contribution in [0, 0.1) is 0 Å². The van der Waals surface area contributed by atoms with Crippen molar-refractivity contribution in [3.8, 4) is 12.0 Å². The number of amides is 1. The average molecular weight is 444 g/mol. The molecule has 0 aliphatic carbocycles. The number of carbonyl (C=O) groups excluding carboxylic acids is 1. The number of para-hydroxylation sites is 1. The maximum atomic E-state index is 11.9. The molecule has 0 saturated heterocycles. The van der Waals surface area contributed by atoms with Gasteiger partial charge in [-0.05, 0) is 24.6 Å². The normalized spacial score (nSPS) is 15.3. The van der Waals surface area contributed by atoms with Gasteiger partial charge in [0.05, 0.1) is 36.6 Å². The van der Waals surface area contributed by atoms with Crippen molar-refractivity contribution in [3.63, 3.8) is 0 Å². The van der Waals surface area contributed by atoms with Crippen LogP contribution in [0.3, 0.4) is 0 Å². The summed E-state index contributed by atoms with van der Waals surface area (Å²) < 4.78 is 13.1. The van der Waals surface area contributed by atoms with Crippen LogP contribution in [-0.4, -0.2) is 38.6 Å². The lowest BCUT2D eigenvalue weighted by Gasteiger charge is -2.24. The molecule has 1 amide bonds. The molecule has 4 aromatic rings. The minimum atomic E-state index is -0.563. The quantitative estimate of drug-likeness (QED) is 0.469. The highest BCUT2D eigenvalue weighted by Crippen LogP contribution is 2.31. The first-order valence-corrected chi connectivity index (χ1v) is 10.7. The highest BCUT2D eigenvalue weighted by molar-refractivity contribution is 6.04. The van der Waals surface area contributed by atoms with Crippen molar-refractivity contribution in [2.24, 2.45) is 5.73 Å². The molecule has 1 atom stereocenters. The van der Waals surface area contributed by atoms with Gasteiger partial charge < -0.3 is 20.5 Å². The fourth-order valence-corrected chi connectivity index (χ4v) is 4.05. The average Bonchev–Trinajstić information content (AvgIpc) is 3.22. The Kier molecular flexibility index (Phi) is 5.39. The summed E-state index contributed by atoms with van der Waals surface area (Å²) >= 11 is 0. The predicted molar refractivity (Wildman–Crippen MR) is 123 cm³/mol. The summed E-state index contributed by atoms with van der Waals surface area (Å²) in [6.45, 7) is 3.04. The number of benzene rings is 2. The number of primary amides is 1. The number of nitrogens with one attached hydrogen (secondary N) is 1. The Morgan fingerprint density at radius 2 is 2.00 bits per heavy atom. The topological polar surface area (TPSA) is 117 Å². The van der Waals surface area contributed by atoms with Gasteiger partial charge in [-0.15, -0.1) is 0 Å². The van der Waals surface area contributed by atoms with Crippen LogP contribution in [0.15, 0.2) is 48.5 Å². The number of nitrogens with two attached hydrogens (primary N) is 1. The molecule has 0 bridgehead atoms. The van der Waals surface area contributed by atoms with Crippen LogP contribution in [0.2, 0.25) is 0 Å². The first-order valence-electron chi connectivity index (χ1n) is 10.7. The number of aromatic nitrogens is 4. The molecule has 3 heterocycles. The highest BCUT2D eigenvalue weighted by Gasteiger charge is 2.25. The van der Waals surface area contributed by atoms with Gasteiger partial charge in [0.2, 0.25) is 5.95 Å². The van der Waals surface area contributed by atoms with Gasteiger partial charge in [0.15, 0.2) is 0 Å². The molecule has 33 heavy (non-hydrogen) atoms. The van der Waals surface area contributed by atoms with Crippen LogP contribution in [0.25, 0.3) is 17.0 Å². The third kappa shape index (κ3) is 3.87. The van der Waals surface area contributed by atoms with E-state index in [0.29, 0.717) is 42.1 Å². The maximum Gasteiger partial charge on any atom is 0.304 e. The molecular formula is C24H24N6O3. The zero-order chi connectivity index (χ0) is 22.9. The molecule has 3 N–H and O–H groups in total. The lowest BCUT2D eigenvalue weighted by Crippen LogP contribution is -2.24. The lowest BCUT2D eigenvalue weighted by molar-refractivity contribution is 0.0384. The number of hydrogen-bond acceptors (Lipinski definition) is 7. The van der Waals surface area contributed by atoms with Crippen molar-refractivity contribution in [2.45, 2.75) is 32.6 Å². The minimum absolute atomic E-state index is 0.0750. The molecule has 9 nitrogen and oxygen atoms in total. The van der Waals surface area contributed by atoms with E-state index in [0.717, 1.165) is 22.6 Å². The molecular weight excluding hydrogens is 420 g/mol. The van der Waals surface area contributed by atoms with Crippen molar-refractivity contribution < 1.29 is 14.3 Å². The molecule has 2 aromatic heterocycles. The fraction of sp³-hybridized carbons (Fsp3) is 0.250. The van der Waals surface area contributed by atoms with Crippen LogP contribution < -0.4 is 15.8 Å². The first kappa shape index (κ1) is 20.9. The highest BCUT2D eigenvalue weighted by atomic mass is 16.5. The Morgan fingerprint density at radius 3 is 2.76 bits per heavy atom. The molecule has 168 valence electrons. The Balaban J connectivity index is 1.65. The van der Waals surface area contributed by atoms with Crippen molar-refractivity contribution in [1.82, 2.24) is 19.5 Å². The van der Waals surface area contributed by atoms with Crippen molar-refractivity contribution in [2.75, 3.05) is 12.4 Å². The van der Waals surface area contributed by atoms with Crippen LogP contribution in [0.5, 0.6) is 6.01 Å². The molecule has 0 saturated carbocycles. The third-order valence-electron chi connectivity index (χ3n) is 5.68. The molecule has 9 heteroatoms. The summed E-state index contributed by atoms with van der Waals surface area (Å²) in [5.41, 5.74) is 9.91. The second-order valence-corrected chi connectivity index (χ2v) is 7.93. The van der Waals surface area contributed by atoms with E-state index in [1.54, 1.807) is 16.7 Å². The van der Waals surface area contributed by atoms with E-state index in [4.69, 9.17) is 25.2 Å². The summed E-state index contributed by atoms with van der Waals surface area (Å²) in [4.78, 5) is 26.1. The zero-order valence-electron chi connectivity index (χ0n) is 18.4. The van der Waals surface area contributed by atoms with Crippen LogP contribution >= 0.6 is 0 Å². The van der Waals surface area contributed by atoms with E-state index in [1.165, 1.54) is 7.11 Å². The van der Waals surface area contributed by atoms with Gasteiger partial charge in [0.1, 0.15) is 11.3 Å². The molecule has 0 radical (unpaired) electrons. The second kappa shape index (κ2) is 8.51. The van der Waals surface area contributed by atoms with Gasteiger partial charge in [-0.3, -0.25) is 4.79 Å². The standard InChI is InChI=1S/C24H24N6O3/c1-14-11-17-18(13-33-14)27-23(29-22(17)26-12-15-7-4-3-5-8-15)30-19-10-6-9-16(21(25)31)20(19)28-24(30)32-2/h3-10,14H,11-13H2,1-2H3,(H2,25,31)(H,26,27,29). The number of ether oxygens (including phenoxy) is 2. The van der Waals surface area contributed by atoms with Gasteiger partial charge in [-0.2, -0.15) is 9.97 Å². The number of rotatable bonds is 6. The van der Waals surface area contributed by atoms with Crippen LogP contribution in [0.1, 0.15) is 34.1 Å². The van der Waals surface area contributed by atoms with E-state index in [2.05, 4.69) is 22.4 Å². The van der Waals surface area contributed by atoms with Crippen molar-refractivity contribution in [1.29, 1.82) is 0 Å². The molecule has 5 rings (SSSR count). The SMILES string of the molecule is COc1nc2c(C(N)=O)cccc2n1-c1nc2c(c(NCc3ccccc3)n1)CC(C)OC2. The van der Waals surface area contributed by atoms with Gasteiger partial charge >= 0.3 is 6.01 Å². The summed E-state index contributed by atoms with van der Waals surface area (Å²) in [6.07, 6.45) is 0.784. The summed E-state index contributed by atoms with van der Waals surface area (Å²) in [5.74, 6) is 0.555. The molecule has 1 aliphatic heterocycles. The van der Waals surface area contributed by atoms with Crippen molar-refractivity contribution in [3.05, 3.63) is 70.9 Å². The van der Waals surface area contributed by atoms with E-state index in [1.807, 2.05) is 31.2 Å². The van der Waals surface area contributed by atoms with E-state index >= 15 is 0 Å².